The molecule has 3 nitrogen and oxygen atoms in total. The van der Waals surface area contributed by atoms with E-state index >= 15 is 0 Å². The van der Waals surface area contributed by atoms with Crippen molar-refractivity contribution in [2.75, 3.05) is 0 Å². The molecule has 0 fully saturated rings. The van der Waals surface area contributed by atoms with Gasteiger partial charge in [-0.05, 0) is 26.2 Å². The summed E-state index contributed by atoms with van der Waals surface area (Å²) in [6, 6.07) is 0.351. The van der Waals surface area contributed by atoms with Gasteiger partial charge >= 0.3 is 0 Å². The van der Waals surface area contributed by atoms with Gasteiger partial charge in [-0.25, -0.2) is 4.98 Å². The van der Waals surface area contributed by atoms with Crippen LogP contribution in [0.1, 0.15) is 42.8 Å². The molecule has 17 heavy (non-hydrogen) atoms. The highest BCUT2D eigenvalue weighted by Gasteiger charge is 2.09. The van der Waals surface area contributed by atoms with Crippen LogP contribution in [0.2, 0.25) is 0 Å². The minimum absolute atomic E-state index is 0.351. The summed E-state index contributed by atoms with van der Waals surface area (Å²) < 4.78 is 0. The maximum Gasteiger partial charge on any atom is 0.0944 e. The summed E-state index contributed by atoms with van der Waals surface area (Å²) in [6.07, 6.45) is 8.86. The molecule has 1 aromatic rings. The maximum atomic E-state index is 5.58. The third-order valence-electron chi connectivity index (χ3n) is 2.78. The number of hydrazine groups is 1. The first kappa shape index (κ1) is 14.4. The molecule has 0 aliphatic carbocycles. The molecular weight excluding hydrogens is 230 g/mol. The molecule has 0 spiro atoms. The lowest BCUT2D eigenvalue weighted by molar-refractivity contribution is 0.464. The van der Waals surface area contributed by atoms with Gasteiger partial charge in [0.1, 0.15) is 0 Å². The van der Waals surface area contributed by atoms with E-state index in [9.17, 15) is 0 Å². The van der Waals surface area contributed by atoms with E-state index in [1.807, 2.05) is 13.0 Å². The summed E-state index contributed by atoms with van der Waals surface area (Å²) in [5.74, 6) is 5.58. The van der Waals surface area contributed by atoms with Gasteiger partial charge in [0.15, 0.2) is 0 Å². The molecule has 1 aromatic heterocycles. The van der Waals surface area contributed by atoms with Crippen LogP contribution in [-0.4, -0.2) is 11.0 Å². The summed E-state index contributed by atoms with van der Waals surface area (Å²) in [7, 11) is 0. The van der Waals surface area contributed by atoms with Crippen LogP contribution in [-0.2, 0) is 6.42 Å². The average Bonchev–Trinajstić information content (AvgIpc) is 2.73. The number of aromatic nitrogens is 1. The second-order valence-corrected chi connectivity index (χ2v) is 5.32. The van der Waals surface area contributed by atoms with Crippen LogP contribution in [0.4, 0.5) is 0 Å². The van der Waals surface area contributed by atoms with Crippen LogP contribution < -0.4 is 11.3 Å². The van der Waals surface area contributed by atoms with E-state index in [0.29, 0.717) is 6.04 Å². The summed E-state index contributed by atoms with van der Waals surface area (Å²) >= 11 is 1.72. The van der Waals surface area contributed by atoms with Crippen molar-refractivity contribution in [3.05, 3.63) is 28.7 Å². The van der Waals surface area contributed by atoms with Crippen molar-refractivity contribution in [1.29, 1.82) is 0 Å². The van der Waals surface area contributed by atoms with Crippen LogP contribution in [0.3, 0.4) is 0 Å². The lowest BCUT2D eigenvalue weighted by Crippen LogP contribution is -2.36. The van der Waals surface area contributed by atoms with Gasteiger partial charge in [0.05, 0.1) is 5.01 Å². The number of unbranched alkanes of at least 4 members (excludes halogenated alkanes) is 3. The number of allylic oxidation sites excluding steroid dienone is 1. The highest BCUT2D eigenvalue weighted by molar-refractivity contribution is 7.09. The van der Waals surface area contributed by atoms with Gasteiger partial charge in [0.25, 0.3) is 0 Å². The largest absolute Gasteiger partial charge is 0.271 e. The number of thiazole rings is 1. The zero-order valence-corrected chi connectivity index (χ0v) is 11.4. The van der Waals surface area contributed by atoms with Crippen molar-refractivity contribution in [1.82, 2.24) is 10.4 Å². The Morgan fingerprint density at radius 3 is 2.94 bits per heavy atom. The predicted molar refractivity (Wildman–Crippen MR) is 74.9 cm³/mol. The van der Waals surface area contributed by atoms with Crippen molar-refractivity contribution in [2.45, 2.75) is 51.5 Å². The van der Waals surface area contributed by atoms with Crippen LogP contribution in [0.25, 0.3) is 0 Å². The molecule has 1 unspecified atom stereocenters. The SMILES string of the molecule is C=CCCCCCC(Cc1nc(C)cs1)NN. The Kier molecular flexibility index (Phi) is 7.08. The molecular formula is C13H23N3S. The molecule has 0 amide bonds. The Morgan fingerprint density at radius 2 is 2.35 bits per heavy atom. The molecule has 1 heterocycles. The number of hydrogen-bond acceptors (Lipinski definition) is 4. The molecule has 0 aliphatic rings. The average molecular weight is 253 g/mol. The quantitative estimate of drug-likeness (QED) is 0.308. The van der Waals surface area contributed by atoms with Gasteiger partial charge in [-0.3, -0.25) is 11.3 Å². The Bertz CT molecular complexity index is 322. The Morgan fingerprint density at radius 1 is 1.53 bits per heavy atom. The van der Waals surface area contributed by atoms with Crippen LogP contribution in [0, 0.1) is 6.92 Å². The second-order valence-electron chi connectivity index (χ2n) is 4.38. The lowest BCUT2D eigenvalue weighted by Gasteiger charge is -2.13. The van der Waals surface area contributed by atoms with Crippen molar-refractivity contribution in [3.8, 4) is 0 Å². The van der Waals surface area contributed by atoms with Gasteiger partial charge in [-0.15, -0.1) is 17.9 Å². The highest BCUT2D eigenvalue weighted by atomic mass is 32.1. The third-order valence-corrected chi connectivity index (χ3v) is 3.77. The van der Waals surface area contributed by atoms with Crippen molar-refractivity contribution in [2.24, 2.45) is 5.84 Å². The molecule has 0 radical (unpaired) electrons. The first-order valence-corrected chi connectivity index (χ1v) is 7.12. The molecule has 0 saturated heterocycles. The zero-order valence-electron chi connectivity index (χ0n) is 10.6. The normalized spacial score (nSPS) is 12.6. The fourth-order valence-corrected chi connectivity index (χ4v) is 2.66. The molecule has 96 valence electrons. The lowest BCUT2D eigenvalue weighted by atomic mass is 10.1. The molecule has 0 saturated carbocycles. The Hall–Kier alpha value is -0.710. The first-order chi connectivity index (χ1) is 8.26. The minimum Gasteiger partial charge on any atom is -0.271 e. The number of nitrogens with two attached hydrogens (primary N) is 1. The number of aryl methyl sites for hydroxylation is 1. The third kappa shape index (κ3) is 5.96. The van der Waals surface area contributed by atoms with E-state index in [0.717, 1.165) is 25.0 Å². The Balaban J connectivity index is 2.21. The van der Waals surface area contributed by atoms with Gasteiger partial charge in [0.2, 0.25) is 0 Å². The molecule has 0 aliphatic heterocycles. The molecule has 4 heteroatoms. The number of hydrogen-bond donors (Lipinski definition) is 2. The number of nitrogens with one attached hydrogen (secondary N) is 1. The second kappa shape index (κ2) is 8.39. The first-order valence-electron chi connectivity index (χ1n) is 6.24. The highest BCUT2D eigenvalue weighted by Crippen LogP contribution is 2.14. The molecule has 0 bridgehead atoms. The van der Waals surface area contributed by atoms with E-state index in [-0.39, 0.29) is 0 Å². The molecule has 1 atom stereocenters. The van der Waals surface area contributed by atoms with Crippen molar-refractivity contribution < 1.29 is 0 Å². The van der Waals surface area contributed by atoms with Gasteiger partial charge in [-0.2, -0.15) is 0 Å². The van der Waals surface area contributed by atoms with Crippen molar-refractivity contribution >= 4 is 11.3 Å². The summed E-state index contributed by atoms with van der Waals surface area (Å²) in [4.78, 5) is 4.47. The fourth-order valence-electron chi connectivity index (χ4n) is 1.81. The van der Waals surface area contributed by atoms with Gasteiger partial charge in [-0.1, -0.05) is 18.9 Å². The van der Waals surface area contributed by atoms with Gasteiger partial charge in [0, 0.05) is 23.5 Å². The van der Waals surface area contributed by atoms with E-state index in [1.54, 1.807) is 11.3 Å². The monoisotopic (exact) mass is 253 g/mol. The zero-order chi connectivity index (χ0) is 12.5. The Labute approximate surface area is 108 Å². The van der Waals surface area contributed by atoms with E-state index in [2.05, 4.69) is 22.4 Å². The van der Waals surface area contributed by atoms with Gasteiger partial charge < -0.3 is 0 Å². The predicted octanol–water partition coefficient (Wildman–Crippen LogP) is 2.96. The molecule has 3 N–H and O–H groups in total. The fraction of sp³-hybridized carbons (Fsp3) is 0.615. The minimum atomic E-state index is 0.351. The summed E-state index contributed by atoms with van der Waals surface area (Å²) in [5, 5.41) is 3.27. The van der Waals surface area contributed by atoms with Crippen LogP contribution >= 0.6 is 11.3 Å². The van der Waals surface area contributed by atoms with E-state index < -0.39 is 0 Å². The van der Waals surface area contributed by atoms with Crippen LogP contribution in [0.5, 0.6) is 0 Å². The summed E-state index contributed by atoms with van der Waals surface area (Å²) in [6.45, 7) is 5.76. The van der Waals surface area contributed by atoms with E-state index in [4.69, 9.17) is 5.84 Å². The smallest absolute Gasteiger partial charge is 0.0944 e. The summed E-state index contributed by atoms with van der Waals surface area (Å²) in [5.41, 5.74) is 4.00. The van der Waals surface area contributed by atoms with E-state index in [1.165, 1.54) is 24.3 Å². The topological polar surface area (TPSA) is 50.9 Å². The maximum absolute atomic E-state index is 5.58. The number of nitrogens with zero attached hydrogens (tertiary/aromatic N) is 1. The van der Waals surface area contributed by atoms with Crippen molar-refractivity contribution in [3.63, 3.8) is 0 Å². The number of rotatable bonds is 9. The molecule has 0 aromatic carbocycles. The van der Waals surface area contributed by atoms with Crippen LogP contribution in [0.15, 0.2) is 18.0 Å². The molecule has 1 rings (SSSR count). The standard InChI is InChI=1S/C13H23N3S/c1-3-4-5-6-7-8-12(16-14)9-13-15-11(2)10-17-13/h3,10,12,16H,1,4-9,14H2,2H3.